The van der Waals surface area contributed by atoms with Crippen molar-refractivity contribution in [2.75, 3.05) is 5.32 Å². The smallest absolute Gasteiger partial charge is 0.332 e. The number of aromatic nitrogens is 3. The SMILES string of the molecule is Cn1c(=O)c2c3c(cnc2n(C)c1=O)C(=O)C(Nc1ccccc1)=CC3=O. The Morgan fingerprint density at radius 1 is 0.963 bits per heavy atom. The monoisotopic (exact) mass is 362 g/mol. The number of pyridine rings is 1. The maximum Gasteiger partial charge on any atom is 0.332 e. The second-order valence-corrected chi connectivity index (χ2v) is 6.19. The van der Waals surface area contributed by atoms with Gasteiger partial charge >= 0.3 is 5.69 Å². The average molecular weight is 362 g/mol. The van der Waals surface area contributed by atoms with Crippen LogP contribution in [0.1, 0.15) is 20.7 Å². The minimum absolute atomic E-state index is 0.0280. The Morgan fingerprint density at radius 3 is 2.37 bits per heavy atom. The van der Waals surface area contributed by atoms with Crippen LogP contribution in [-0.4, -0.2) is 25.7 Å². The van der Waals surface area contributed by atoms with Crippen LogP contribution in [-0.2, 0) is 14.1 Å². The number of nitrogens with zero attached hydrogens (tertiary/aromatic N) is 3. The quantitative estimate of drug-likeness (QED) is 0.730. The number of aryl methyl sites for hydroxylation is 1. The van der Waals surface area contributed by atoms with E-state index in [9.17, 15) is 19.2 Å². The predicted molar refractivity (Wildman–Crippen MR) is 99.0 cm³/mol. The summed E-state index contributed by atoms with van der Waals surface area (Å²) in [5.41, 5.74) is -0.398. The maximum absolute atomic E-state index is 12.9. The Morgan fingerprint density at radius 2 is 1.67 bits per heavy atom. The third kappa shape index (κ3) is 2.42. The highest BCUT2D eigenvalue weighted by atomic mass is 16.2. The lowest BCUT2D eigenvalue weighted by Gasteiger charge is -2.18. The molecule has 3 aromatic rings. The Hall–Kier alpha value is -3.81. The van der Waals surface area contributed by atoms with Crippen molar-refractivity contribution in [1.82, 2.24) is 14.1 Å². The van der Waals surface area contributed by atoms with Crippen LogP contribution in [0.15, 0.2) is 57.9 Å². The summed E-state index contributed by atoms with van der Waals surface area (Å²) in [6.45, 7) is 0. The topological polar surface area (TPSA) is 103 Å². The van der Waals surface area contributed by atoms with E-state index >= 15 is 0 Å². The molecule has 0 atom stereocenters. The molecule has 8 nitrogen and oxygen atoms in total. The van der Waals surface area contributed by atoms with Crippen molar-refractivity contribution < 1.29 is 9.59 Å². The molecule has 1 aliphatic carbocycles. The van der Waals surface area contributed by atoms with Crippen molar-refractivity contribution in [3.05, 3.63) is 80.3 Å². The van der Waals surface area contributed by atoms with E-state index < -0.39 is 22.8 Å². The molecule has 1 aliphatic rings. The van der Waals surface area contributed by atoms with Gasteiger partial charge in [-0.05, 0) is 12.1 Å². The number of nitrogens with one attached hydrogen (secondary N) is 1. The van der Waals surface area contributed by atoms with Crippen molar-refractivity contribution in [3.63, 3.8) is 0 Å². The molecule has 2 heterocycles. The molecule has 0 saturated heterocycles. The average Bonchev–Trinajstić information content (AvgIpc) is 2.68. The molecule has 2 aromatic heterocycles. The Labute approximate surface area is 152 Å². The molecule has 0 spiro atoms. The van der Waals surface area contributed by atoms with E-state index in [0.29, 0.717) is 5.69 Å². The largest absolute Gasteiger partial charge is 0.352 e. The van der Waals surface area contributed by atoms with Crippen LogP contribution < -0.4 is 16.6 Å². The van der Waals surface area contributed by atoms with E-state index in [1.807, 2.05) is 6.07 Å². The van der Waals surface area contributed by atoms with Gasteiger partial charge < -0.3 is 5.32 Å². The molecule has 0 aliphatic heterocycles. The molecule has 4 rings (SSSR count). The fraction of sp³-hybridized carbons (Fsp3) is 0.105. The lowest BCUT2D eigenvalue weighted by Crippen LogP contribution is -2.38. The summed E-state index contributed by atoms with van der Waals surface area (Å²) in [6, 6.07) is 8.95. The number of Topliss-reactive ketones (excluding diaryl/α,β-unsaturated/α-hetero) is 1. The molecule has 0 bridgehead atoms. The van der Waals surface area contributed by atoms with Crippen LogP contribution in [0.2, 0.25) is 0 Å². The fourth-order valence-corrected chi connectivity index (χ4v) is 3.14. The Balaban J connectivity index is 1.95. The number of carbonyl (C=O) groups excluding carboxylic acids is 2. The van der Waals surface area contributed by atoms with Crippen LogP contribution in [0.25, 0.3) is 11.0 Å². The molecule has 0 radical (unpaired) electrons. The predicted octanol–water partition coefficient (Wildman–Crippen LogP) is 1.01. The van der Waals surface area contributed by atoms with Crippen molar-refractivity contribution in [2.24, 2.45) is 14.1 Å². The van der Waals surface area contributed by atoms with Gasteiger partial charge in [-0.3, -0.25) is 23.5 Å². The second kappa shape index (κ2) is 5.87. The molecular weight excluding hydrogens is 348 g/mol. The van der Waals surface area contributed by atoms with Crippen LogP contribution >= 0.6 is 0 Å². The fourth-order valence-electron chi connectivity index (χ4n) is 3.14. The minimum Gasteiger partial charge on any atom is -0.352 e. The number of anilines is 1. The molecule has 134 valence electrons. The molecule has 0 saturated carbocycles. The van der Waals surface area contributed by atoms with Gasteiger partial charge in [-0.25, -0.2) is 9.78 Å². The molecule has 27 heavy (non-hydrogen) atoms. The number of para-hydroxylation sites is 1. The number of ketones is 2. The first kappa shape index (κ1) is 16.6. The number of carbonyl (C=O) groups is 2. The highest BCUT2D eigenvalue weighted by Crippen LogP contribution is 2.26. The summed E-state index contributed by atoms with van der Waals surface area (Å²) in [6.07, 6.45) is 2.40. The van der Waals surface area contributed by atoms with E-state index in [1.54, 1.807) is 24.3 Å². The van der Waals surface area contributed by atoms with Crippen molar-refractivity contribution in [3.8, 4) is 0 Å². The number of benzene rings is 1. The Bertz CT molecular complexity index is 1280. The van der Waals surface area contributed by atoms with E-state index in [4.69, 9.17) is 0 Å². The van der Waals surface area contributed by atoms with E-state index in [-0.39, 0.29) is 27.9 Å². The molecule has 1 aromatic carbocycles. The zero-order valence-corrected chi connectivity index (χ0v) is 14.5. The summed E-state index contributed by atoms with van der Waals surface area (Å²) in [7, 11) is 2.77. The molecule has 8 heteroatoms. The maximum atomic E-state index is 12.9. The number of fused-ring (bicyclic) bond motifs is 3. The van der Waals surface area contributed by atoms with Gasteiger partial charge in [0, 0.05) is 32.1 Å². The highest BCUT2D eigenvalue weighted by Gasteiger charge is 2.30. The summed E-state index contributed by atoms with van der Waals surface area (Å²) < 4.78 is 2.07. The first-order chi connectivity index (χ1) is 12.9. The van der Waals surface area contributed by atoms with Gasteiger partial charge in [-0.2, -0.15) is 0 Å². The van der Waals surface area contributed by atoms with Gasteiger partial charge in [0.2, 0.25) is 5.78 Å². The van der Waals surface area contributed by atoms with Crippen LogP contribution in [0, 0.1) is 0 Å². The lowest BCUT2D eigenvalue weighted by molar-refractivity contribution is 0.0986. The summed E-state index contributed by atoms with van der Waals surface area (Å²) in [5, 5.41) is 2.88. The first-order valence-corrected chi connectivity index (χ1v) is 8.11. The summed E-state index contributed by atoms with van der Waals surface area (Å²) in [5.74, 6) is -0.940. The van der Waals surface area contributed by atoms with Crippen molar-refractivity contribution in [1.29, 1.82) is 0 Å². The van der Waals surface area contributed by atoms with Gasteiger partial charge in [0.25, 0.3) is 5.56 Å². The number of allylic oxidation sites excluding steroid dienone is 2. The number of hydrogen-bond acceptors (Lipinski definition) is 6. The minimum atomic E-state index is -0.661. The lowest BCUT2D eigenvalue weighted by atomic mass is 9.92. The zero-order valence-electron chi connectivity index (χ0n) is 14.5. The van der Waals surface area contributed by atoms with Crippen LogP contribution in [0.3, 0.4) is 0 Å². The zero-order chi connectivity index (χ0) is 19.3. The van der Waals surface area contributed by atoms with Gasteiger partial charge in [0.15, 0.2) is 5.78 Å². The van der Waals surface area contributed by atoms with Crippen molar-refractivity contribution >= 4 is 28.3 Å². The van der Waals surface area contributed by atoms with Gasteiger partial charge in [-0.15, -0.1) is 0 Å². The Kier molecular flexibility index (Phi) is 3.62. The molecule has 0 unspecified atom stereocenters. The number of rotatable bonds is 2. The van der Waals surface area contributed by atoms with E-state index in [0.717, 1.165) is 4.57 Å². The first-order valence-electron chi connectivity index (χ1n) is 8.11. The van der Waals surface area contributed by atoms with Gasteiger partial charge in [0.05, 0.1) is 22.2 Å². The standard InChI is InChI=1S/C19H14N4O4/c1-22-17-15(18(26)23(2)19(22)27)14-11(9-20-17)16(25)12(8-13(14)24)21-10-6-4-3-5-7-10/h3-9,21H,1-2H3. The van der Waals surface area contributed by atoms with E-state index in [1.165, 1.54) is 30.9 Å². The summed E-state index contributed by atoms with van der Waals surface area (Å²) in [4.78, 5) is 54.4. The molecule has 0 fully saturated rings. The normalized spacial score (nSPS) is 13.5. The van der Waals surface area contributed by atoms with E-state index in [2.05, 4.69) is 10.3 Å². The summed E-state index contributed by atoms with van der Waals surface area (Å²) >= 11 is 0. The molecular formula is C19H14N4O4. The second-order valence-electron chi connectivity index (χ2n) is 6.19. The third-order valence-corrected chi connectivity index (χ3v) is 4.53. The third-order valence-electron chi connectivity index (χ3n) is 4.53. The molecule has 1 N–H and O–H groups in total. The van der Waals surface area contributed by atoms with Gasteiger partial charge in [-0.1, -0.05) is 18.2 Å². The molecule has 0 amide bonds. The van der Waals surface area contributed by atoms with Crippen LogP contribution in [0.4, 0.5) is 5.69 Å². The number of hydrogen-bond donors (Lipinski definition) is 1. The van der Waals surface area contributed by atoms with Crippen molar-refractivity contribution in [2.45, 2.75) is 0 Å². The van der Waals surface area contributed by atoms with Crippen LogP contribution in [0.5, 0.6) is 0 Å². The highest BCUT2D eigenvalue weighted by molar-refractivity contribution is 6.28. The van der Waals surface area contributed by atoms with Gasteiger partial charge in [0.1, 0.15) is 5.65 Å².